The van der Waals surface area contributed by atoms with E-state index in [9.17, 15) is 19.7 Å². The summed E-state index contributed by atoms with van der Waals surface area (Å²) in [5.74, 6) is -0.442. The van der Waals surface area contributed by atoms with Gasteiger partial charge in [-0.2, -0.15) is 0 Å². The van der Waals surface area contributed by atoms with Gasteiger partial charge in [-0.05, 0) is 37.3 Å². The molecule has 0 bridgehead atoms. The Hall–Kier alpha value is -3.07. The van der Waals surface area contributed by atoms with Gasteiger partial charge in [0.15, 0.2) is 0 Å². The van der Waals surface area contributed by atoms with Crippen molar-refractivity contribution in [2.75, 3.05) is 5.32 Å². The number of nitrogens with zero attached hydrogens (tertiary/aromatic N) is 3. The van der Waals surface area contributed by atoms with Crippen LogP contribution < -0.4 is 10.9 Å². The number of thiophene rings is 1. The lowest BCUT2D eigenvalue weighted by atomic mass is 9.97. The van der Waals surface area contributed by atoms with Crippen LogP contribution in [-0.4, -0.2) is 20.4 Å². The zero-order valence-electron chi connectivity index (χ0n) is 14.3. The van der Waals surface area contributed by atoms with Crippen molar-refractivity contribution in [1.29, 1.82) is 0 Å². The van der Waals surface area contributed by atoms with Crippen LogP contribution in [0.15, 0.2) is 35.4 Å². The topological polar surface area (TPSA) is 107 Å². The van der Waals surface area contributed by atoms with E-state index in [2.05, 4.69) is 10.3 Å². The summed E-state index contributed by atoms with van der Waals surface area (Å²) in [4.78, 5) is 41.8. The minimum Gasteiger partial charge on any atom is -0.324 e. The van der Waals surface area contributed by atoms with E-state index in [0.717, 1.165) is 36.1 Å². The monoisotopic (exact) mass is 384 g/mol. The van der Waals surface area contributed by atoms with Crippen LogP contribution in [0.2, 0.25) is 0 Å². The number of hydrogen-bond acceptors (Lipinski definition) is 6. The van der Waals surface area contributed by atoms with Crippen LogP contribution in [0.4, 0.5) is 11.4 Å². The third kappa shape index (κ3) is 3.33. The number of nitro groups is 1. The van der Waals surface area contributed by atoms with Crippen molar-refractivity contribution in [2.24, 2.45) is 0 Å². The summed E-state index contributed by atoms with van der Waals surface area (Å²) in [5.41, 5.74) is 1.06. The summed E-state index contributed by atoms with van der Waals surface area (Å²) in [6.45, 7) is -0.199. The van der Waals surface area contributed by atoms with Crippen LogP contribution >= 0.6 is 11.3 Å². The molecule has 1 aromatic carbocycles. The fourth-order valence-electron chi connectivity index (χ4n) is 3.35. The first kappa shape index (κ1) is 17.3. The molecule has 0 unspecified atom stereocenters. The van der Waals surface area contributed by atoms with Crippen molar-refractivity contribution in [1.82, 2.24) is 9.55 Å². The number of amides is 1. The molecule has 0 atom stereocenters. The molecule has 0 fully saturated rings. The second kappa shape index (κ2) is 6.92. The maximum Gasteiger partial charge on any atom is 0.271 e. The molecule has 1 amide bonds. The smallest absolute Gasteiger partial charge is 0.271 e. The number of aryl methyl sites for hydroxylation is 2. The maximum absolute atomic E-state index is 12.9. The van der Waals surface area contributed by atoms with Crippen molar-refractivity contribution < 1.29 is 9.72 Å². The first-order chi connectivity index (χ1) is 13.0. The molecule has 27 heavy (non-hydrogen) atoms. The van der Waals surface area contributed by atoms with Crippen LogP contribution in [0.25, 0.3) is 10.2 Å². The van der Waals surface area contributed by atoms with Gasteiger partial charge in [-0.25, -0.2) is 4.98 Å². The molecule has 9 heteroatoms. The summed E-state index contributed by atoms with van der Waals surface area (Å²) in [6.07, 6.45) is 5.42. The molecule has 2 aromatic heterocycles. The third-order valence-corrected chi connectivity index (χ3v) is 5.80. The van der Waals surface area contributed by atoms with Gasteiger partial charge in [0.05, 0.1) is 16.6 Å². The van der Waals surface area contributed by atoms with Crippen molar-refractivity contribution in [2.45, 2.75) is 32.2 Å². The molecule has 0 radical (unpaired) electrons. The minimum absolute atomic E-state index is 0.113. The van der Waals surface area contributed by atoms with E-state index < -0.39 is 10.8 Å². The second-order valence-corrected chi connectivity index (χ2v) is 7.51. The van der Waals surface area contributed by atoms with E-state index >= 15 is 0 Å². The van der Waals surface area contributed by atoms with E-state index in [1.165, 1.54) is 34.0 Å². The number of carbonyl (C=O) groups is 1. The number of fused-ring (bicyclic) bond motifs is 3. The highest BCUT2D eigenvalue weighted by molar-refractivity contribution is 7.18. The molecule has 0 saturated heterocycles. The Balaban J connectivity index is 1.59. The number of carbonyl (C=O) groups excluding carboxylic acids is 1. The van der Waals surface area contributed by atoms with E-state index in [1.807, 2.05) is 0 Å². The molecule has 3 aromatic rings. The van der Waals surface area contributed by atoms with Gasteiger partial charge in [0.2, 0.25) is 5.91 Å². The number of aromatic nitrogens is 2. The quantitative estimate of drug-likeness (QED) is 0.550. The Morgan fingerprint density at radius 2 is 2.15 bits per heavy atom. The van der Waals surface area contributed by atoms with E-state index in [4.69, 9.17) is 0 Å². The average molecular weight is 384 g/mol. The number of rotatable bonds is 4. The summed E-state index contributed by atoms with van der Waals surface area (Å²) >= 11 is 1.56. The molecule has 4 rings (SSSR count). The van der Waals surface area contributed by atoms with Gasteiger partial charge in [-0.1, -0.05) is 6.07 Å². The number of nitrogens with one attached hydrogen (secondary N) is 1. The fraction of sp³-hybridized carbons (Fsp3) is 0.278. The van der Waals surface area contributed by atoms with Crippen LogP contribution in [0.3, 0.4) is 0 Å². The van der Waals surface area contributed by atoms with Gasteiger partial charge >= 0.3 is 0 Å². The molecule has 0 aliphatic heterocycles. The van der Waals surface area contributed by atoms with Crippen LogP contribution in [0.5, 0.6) is 0 Å². The van der Waals surface area contributed by atoms with E-state index in [1.54, 1.807) is 17.4 Å². The summed E-state index contributed by atoms with van der Waals surface area (Å²) in [6, 6.07) is 5.67. The second-order valence-electron chi connectivity index (χ2n) is 6.42. The highest BCUT2D eigenvalue weighted by Crippen LogP contribution is 2.33. The summed E-state index contributed by atoms with van der Waals surface area (Å²) < 4.78 is 1.29. The van der Waals surface area contributed by atoms with Gasteiger partial charge in [-0.3, -0.25) is 24.3 Å². The number of anilines is 1. The van der Waals surface area contributed by atoms with E-state index in [-0.39, 0.29) is 17.8 Å². The first-order valence-corrected chi connectivity index (χ1v) is 9.38. The standard InChI is InChI=1S/C18H16N4O4S/c23-15(20-11-4-3-5-12(8-11)22(25)26)9-21-10-19-17-16(18(21)24)13-6-1-2-7-14(13)27-17/h3-5,8,10H,1-2,6-7,9H2,(H,20,23). The van der Waals surface area contributed by atoms with Gasteiger partial charge in [0.25, 0.3) is 11.2 Å². The predicted octanol–water partition coefficient (Wildman–Crippen LogP) is 2.88. The lowest BCUT2D eigenvalue weighted by Gasteiger charge is -2.10. The molecular weight excluding hydrogens is 368 g/mol. The normalized spacial score (nSPS) is 13.3. The fourth-order valence-corrected chi connectivity index (χ4v) is 4.57. The predicted molar refractivity (Wildman–Crippen MR) is 102 cm³/mol. The van der Waals surface area contributed by atoms with Gasteiger partial charge in [0, 0.05) is 22.7 Å². The molecule has 2 heterocycles. The SMILES string of the molecule is O=C(Cn1cnc2sc3c(c2c1=O)CCCC3)Nc1cccc([N+](=O)[O-])c1. The zero-order valence-corrected chi connectivity index (χ0v) is 15.1. The first-order valence-electron chi connectivity index (χ1n) is 8.57. The molecule has 0 spiro atoms. The highest BCUT2D eigenvalue weighted by Gasteiger charge is 2.20. The Morgan fingerprint density at radius 3 is 2.96 bits per heavy atom. The molecule has 1 aliphatic carbocycles. The van der Waals surface area contributed by atoms with Crippen molar-refractivity contribution in [3.8, 4) is 0 Å². The summed E-state index contributed by atoms with van der Waals surface area (Å²) in [5, 5.41) is 14.0. The Bertz CT molecular complexity index is 1120. The highest BCUT2D eigenvalue weighted by atomic mass is 32.1. The number of non-ortho nitro benzene ring substituents is 1. The third-order valence-electron chi connectivity index (χ3n) is 4.60. The van der Waals surface area contributed by atoms with Crippen molar-refractivity contribution in [3.63, 3.8) is 0 Å². The molecule has 138 valence electrons. The van der Waals surface area contributed by atoms with Crippen molar-refractivity contribution in [3.05, 3.63) is 61.5 Å². The van der Waals surface area contributed by atoms with Crippen molar-refractivity contribution >= 4 is 38.8 Å². The molecule has 1 aliphatic rings. The largest absolute Gasteiger partial charge is 0.324 e. The van der Waals surface area contributed by atoms with Crippen LogP contribution in [-0.2, 0) is 24.2 Å². The number of benzene rings is 1. The van der Waals surface area contributed by atoms with E-state index in [0.29, 0.717) is 11.1 Å². The van der Waals surface area contributed by atoms with Crippen LogP contribution in [0, 0.1) is 10.1 Å². The number of nitro benzene ring substituents is 1. The lowest BCUT2D eigenvalue weighted by molar-refractivity contribution is -0.384. The molecule has 0 saturated carbocycles. The Labute approximate surface area is 157 Å². The number of hydrogen-bond donors (Lipinski definition) is 1. The molecule has 1 N–H and O–H groups in total. The molecular formula is C18H16N4O4S. The maximum atomic E-state index is 12.9. The Morgan fingerprint density at radius 1 is 1.33 bits per heavy atom. The lowest BCUT2D eigenvalue weighted by Crippen LogP contribution is -2.28. The van der Waals surface area contributed by atoms with Gasteiger partial charge < -0.3 is 5.32 Å². The summed E-state index contributed by atoms with van der Waals surface area (Å²) in [7, 11) is 0. The minimum atomic E-state index is -0.530. The van der Waals surface area contributed by atoms with Gasteiger partial charge in [-0.15, -0.1) is 11.3 Å². The van der Waals surface area contributed by atoms with Crippen LogP contribution in [0.1, 0.15) is 23.3 Å². The average Bonchev–Trinajstić information content (AvgIpc) is 3.03. The zero-order chi connectivity index (χ0) is 19.0. The molecule has 8 nitrogen and oxygen atoms in total. The van der Waals surface area contributed by atoms with Gasteiger partial charge in [0.1, 0.15) is 11.4 Å². The Kier molecular flexibility index (Phi) is 4.44.